The van der Waals surface area contributed by atoms with E-state index >= 15 is 0 Å². The Kier molecular flexibility index (Phi) is 1.54. The summed E-state index contributed by atoms with van der Waals surface area (Å²) in [6, 6.07) is 0. The van der Waals surface area contributed by atoms with Gasteiger partial charge in [-0.25, -0.2) is 0 Å². The van der Waals surface area contributed by atoms with Gasteiger partial charge in [0.2, 0.25) is 5.91 Å². The first-order chi connectivity index (χ1) is 5.61. The molecule has 0 aromatic heterocycles. The molecule has 1 atom stereocenters. The maximum Gasteiger partial charge on any atom is 0.231 e. The minimum Gasteiger partial charge on any atom is -0.296 e. The molecule has 0 aromatic rings. The quantitative estimate of drug-likeness (QED) is 0.578. The van der Waals surface area contributed by atoms with Crippen LogP contribution in [-0.2, 0) is 4.79 Å². The monoisotopic (exact) mass is 182 g/mol. The van der Waals surface area contributed by atoms with E-state index in [9.17, 15) is 4.79 Å². The number of nitrogens with one attached hydrogen (secondary N) is 1. The number of allylic oxidation sites excluding steroid dienone is 1. The van der Waals surface area contributed by atoms with Gasteiger partial charge in [-0.3, -0.25) is 15.1 Å². The molecule has 2 saturated heterocycles. The number of fused-ring (bicyclic) bond motifs is 1. The predicted octanol–water partition coefficient (Wildman–Crippen LogP) is 1.56. The molecule has 1 amide bonds. The molecule has 1 unspecified atom stereocenters. The van der Waals surface area contributed by atoms with Gasteiger partial charge in [-0.2, -0.15) is 0 Å². The van der Waals surface area contributed by atoms with Gasteiger partial charge in [0.15, 0.2) is 0 Å². The van der Waals surface area contributed by atoms with Crippen molar-refractivity contribution in [1.29, 1.82) is 5.41 Å². The number of carbonyl (C=O) groups is 1. The third kappa shape index (κ3) is 0.843. The van der Waals surface area contributed by atoms with E-state index in [-0.39, 0.29) is 11.3 Å². The lowest BCUT2D eigenvalue weighted by Gasteiger charge is -2.33. The number of rotatable bonds is 0. The third-order valence-corrected chi connectivity index (χ3v) is 3.17. The van der Waals surface area contributed by atoms with Gasteiger partial charge >= 0.3 is 0 Å². The predicted molar refractivity (Wildman–Crippen MR) is 48.9 cm³/mol. The molecule has 2 aliphatic rings. The average molecular weight is 182 g/mol. The van der Waals surface area contributed by atoms with Crippen molar-refractivity contribution < 1.29 is 4.79 Å². The molecule has 0 radical (unpaired) electrons. The molecule has 12 heavy (non-hydrogen) atoms. The summed E-state index contributed by atoms with van der Waals surface area (Å²) in [6.45, 7) is 3.89. The van der Waals surface area contributed by atoms with Crippen LogP contribution in [0.3, 0.4) is 0 Å². The molecule has 2 fully saturated rings. The van der Waals surface area contributed by atoms with Crippen LogP contribution in [0.4, 0.5) is 0 Å². The van der Waals surface area contributed by atoms with Gasteiger partial charge in [-0.1, -0.05) is 11.8 Å². The van der Waals surface area contributed by atoms with Crippen molar-refractivity contribution in [2.75, 3.05) is 0 Å². The number of carbonyl (C=O) groups excluding carboxylic acids is 1. The van der Waals surface area contributed by atoms with Gasteiger partial charge in [-0.05, 0) is 19.4 Å². The Hall–Kier alpha value is -0.770. The van der Waals surface area contributed by atoms with Gasteiger partial charge < -0.3 is 0 Å². The number of β-lactam (4-membered cyclic amide) rings is 1. The summed E-state index contributed by atoms with van der Waals surface area (Å²) in [4.78, 5) is 12.9. The Morgan fingerprint density at radius 2 is 2.33 bits per heavy atom. The average Bonchev–Trinajstić information content (AvgIpc) is 2.22. The van der Waals surface area contributed by atoms with Crippen molar-refractivity contribution in [2.24, 2.45) is 0 Å². The van der Waals surface area contributed by atoms with E-state index in [2.05, 4.69) is 0 Å². The lowest BCUT2D eigenvalue weighted by Crippen LogP contribution is -2.46. The van der Waals surface area contributed by atoms with Crippen molar-refractivity contribution in [2.45, 2.75) is 25.6 Å². The number of nitrogens with zero attached hydrogens (tertiary/aromatic N) is 1. The van der Waals surface area contributed by atoms with Crippen molar-refractivity contribution in [3.8, 4) is 0 Å². The smallest absolute Gasteiger partial charge is 0.231 e. The van der Waals surface area contributed by atoms with E-state index in [4.69, 9.17) is 5.41 Å². The number of thioether (sulfide) groups is 1. The number of amides is 1. The van der Waals surface area contributed by atoms with Crippen LogP contribution < -0.4 is 0 Å². The molecule has 0 bridgehead atoms. The molecule has 0 aromatic carbocycles. The molecule has 0 saturated carbocycles. The number of hydrogen-bond donors (Lipinski definition) is 1. The first-order valence-electron chi connectivity index (χ1n) is 3.86. The molecule has 3 nitrogen and oxygen atoms in total. The van der Waals surface area contributed by atoms with Crippen molar-refractivity contribution in [3.05, 3.63) is 11.3 Å². The summed E-state index contributed by atoms with van der Waals surface area (Å²) in [6.07, 6.45) is 0.601. The Morgan fingerprint density at radius 3 is 2.75 bits per heavy atom. The highest BCUT2D eigenvalue weighted by Crippen LogP contribution is 2.43. The van der Waals surface area contributed by atoms with E-state index in [0.29, 0.717) is 11.5 Å². The fourth-order valence-electron chi connectivity index (χ4n) is 1.52. The Labute approximate surface area is 75.3 Å². The molecule has 0 aliphatic carbocycles. The lowest BCUT2D eigenvalue weighted by atomic mass is 10.1. The SMILES string of the molecule is CC(C)=C1C(=N)SC2CC(=O)N12. The summed E-state index contributed by atoms with van der Waals surface area (Å²) in [5.41, 5.74) is 1.89. The van der Waals surface area contributed by atoms with Crippen LogP contribution in [0.15, 0.2) is 11.3 Å². The Balaban J connectivity index is 2.40. The zero-order valence-electron chi connectivity index (χ0n) is 7.05. The number of hydrogen-bond acceptors (Lipinski definition) is 3. The second kappa shape index (κ2) is 2.36. The summed E-state index contributed by atoms with van der Waals surface area (Å²) in [5, 5.41) is 8.42. The van der Waals surface area contributed by atoms with E-state index in [1.807, 2.05) is 13.8 Å². The summed E-state index contributed by atoms with van der Waals surface area (Å²) in [7, 11) is 0. The fraction of sp³-hybridized carbons (Fsp3) is 0.500. The zero-order chi connectivity index (χ0) is 8.88. The van der Waals surface area contributed by atoms with Crippen LogP contribution in [0.5, 0.6) is 0 Å². The highest BCUT2D eigenvalue weighted by molar-refractivity contribution is 8.15. The van der Waals surface area contributed by atoms with Gasteiger partial charge in [0.05, 0.1) is 17.5 Å². The molecule has 2 rings (SSSR count). The van der Waals surface area contributed by atoms with Crippen molar-refractivity contribution >= 4 is 22.7 Å². The van der Waals surface area contributed by atoms with Crippen LogP contribution in [0.25, 0.3) is 0 Å². The molecule has 0 spiro atoms. The highest BCUT2D eigenvalue weighted by Gasteiger charge is 2.46. The van der Waals surface area contributed by atoms with Crippen LogP contribution >= 0.6 is 11.8 Å². The highest BCUT2D eigenvalue weighted by atomic mass is 32.2. The molecule has 4 heteroatoms. The van der Waals surface area contributed by atoms with Crippen LogP contribution in [0, 0.1) is 5.41 Å². The van der Waals surface area contributed by atoms with E-state index in [1.165, 1.54) is 11.8 Å². The van der Waals surface area contributed by atoms with E-state index in [0.717, 1.165) is 11.3 Å². The van der Waals surface area contributed by atoms with Crippen LogP contribution in [0.2, 0.25) is 0 Å². The lowest BCUT2D eigenvalue weighted by molar-refractivity contribution is -0.137. The van der Waals surface area contributed by atoms with Crippen LogP contribution in [-0.4, -0.2) is 21.2 Å². The normalized spacial score (nSPS) is 27.3. The largest absolute Gasteiger partial charge is 0.296 e. The Bertz CT molecular complexity index is 304. The standard InChI is InChI=1S/C8H10N2OS/c1-4(2)7-8(9)12-6-3-5(11)10(6)7/h6,9H,3H2,1-2H3. The minimum atomic E-state index is 0.158. The first kappa shape index (κ1) is 7.86. The van der Waals surface area contributed by atoms with Crippen molar-refractivity contribution in [3.63, 3.8) is 0 Å². The van der Waals surface area contributed by atoms with E-state index in [1.54, 1.807) is 4.90 Å². The van der Waals surface area contributed by atoms with Gasteiger partial charge in [0, 0.05) is 0 Å². The van der Waals surface area contributed by atoms with Gasteiger partial charge in [-0.15, -0.1) is 0 Å². The maximum atomic E-state index is 11.2. The first-order valence-corrected chi connectivity index (χ1v) is 4.74. The second-order valence-electron chi connectivity index (χ2n) is 3.22. The molecule has 1 N–H and O–H groups in total. The minimum absolute atomic E-state index is 0.158. The van der Waals surface area contributed by atoms with E-state index < -0.39 is 0 Å². The molecule has 64 valence electrons. The zero-order valence-corrected chi connectivity index (χ0v) is 7.86. The van der Waals surface area contributed by atoms with Gasteiger partial charge in [0.1, 0.15) is 5.04 Å². The second-order valence-corrected chi connectivity index (χ2v) is 4.41. The van der Waals surface area contributed by atoms with Gasteiger partial charge in [0.25, 0.3) is 0 Å². The van der Waals surface area contributed by atoms with Crippen molar-refractivity contribution in [1.82, 2.24) is 4.90 Å². The topological polar surface area (TPSA) is 44.2 Å². The fourth-order valence-corrected chi connectivity index (χ4v) is 2.76. The van der Waals surface area contributed by atoms with Crippen LogP contribution in [0.1, 0.15) is 20.3 Å². The summed E-state index contributed by atoms with van der Waals surface area (Å²) < 4.78 is 0. The summed E-state index contributed by atoms with van der Waals surface area (Å²) in [5.74, 6) is 0.158. The third-order valence-electron chi connectivity index (χ3n) is 2.09. The molecule has 2 aliphatic heterocycles. The maximum absolute atomic E-state index is 11.2. The Morgan fingerprint density at radius 1 is 1.67 bits per heavy atom. The summed E-state index contributed by atoms with van der Waals surface area (Å²) >= 11 is 1.49. The molecular weight excluding hydrogens is 172 g/mol. The molecule has 2 heterocycles. The molecular formula is C8H10N2OS.